The smallest absolute Gasteiger partial charge is 0.298 e. The van der Waals surface area contributed by atoms with Gasteiger partial charge in [0.05, 0.1) is 12.1 Å². The Morgan fingerprint density at radius 2 is 1.93 bits per heavy atom. The van der Waals surface area contributed by atoms with Gasteiger partial charge in [-0.3, -0.25) is 8.98 Å². The molecule has 0 heterocycles. The Morgan fingerprint density at radius 3 is 2.40 bits per heavy atom. The zero-order valence-electron chi connectivity index (χ0n) is 7.53. The first-order valence-electron chi connectivity index (χ1n) is 3.67. The zero-order valence-corrected chi connectivity index (χ0v) is 9.86. The first-order chi connectivity index (χ1) is 6.92. The molecule has 4 nitrogen and oxygen atoms in total. The monoisotopic (exact) mass is 268 g/mol. The lowest BCUT2D eigenvalue weighted by molar-refractivity contribution is 0.112. The largest absolute Gasteiger partial charge is 0.298 e. The van der Waals surface area contributed by atoms with Crippen LogP contribution in [0.15, 0.2) is 17.0 Å². The molecule has 0 atom stereocenters. The summed E-state index contributed by atoms with van der Waals surface area (Å²) >= 11 is 11.3. The van der Waals surface area contributed by atoms with Crippen LogP contribution in [0, 0.1) is 0 Å². The average molecular weight is 269 g/mol. The van der Waals surface area contributed by atoms with Crippen molar-refractivity contribution < 1.29 is 17.4 Å². The predicted octanol–water partition coefficient (Wildman–Crippen LogP) is 2.14. The van der Waals surface area contributed by atoms with Crippen LogP contribution in [0.1, 0.15) is 10.4 Å². The van der Waals surface area contributed by atoms with Gasteiger partial charge in [-0.15, -0.1) is 0 Å². The highest BCUT2D eigenvalue weighted by Gasteiger charge is 2.20. The molecule has 1 aromatic carbocycles. The summed E-state index contributed by atoms with van der Waals surface area (Å²) in [6.45, 7) is 0. The van der Waals surface area contributed by atoms with Crippen LogP contribution in [-0.2, 0) is 14.3 Å². The highest BCUT2D eigenvalue weighted by molar-refractivity contribution is 7.86. The van der Waals surface area contributed by atoms with Gasteiger partial charge in [0.1, 0.15) is 4.90 Å². The van der Waals surface area contributed by atoms with Crippen molar-refractivity contribution in [1.82, 2.24) is 0 Å². The van der Waals surface area contributed by atoms with Gasteiger partial charge in [0.15, 0.2) is 6.29 Å². The third-order valence-corrected chi connectivity index (χ3v) is 3.70. The summed E-state index contributed by atoms with van der Waals surface area (Å²) in [7, 11) is -2.97. The van der Waals surface area contributed by atoms with Crippen molar-refractivity contribution in [3.8, 4) is 0 Å². The number of aldehydes is 1. The van der Waals surface area contributed by atoms with Crippen molar-refractivity contribution >= 4 is 39.6 Å². The first-order valence-corrected chi connectivity index (χ1v) is 5.83. The number of carbonyl (C=O) groups excluding carboxylic acids is 1. The van der Waals surface area contributed by atoms with E-state index in [0.717, 1.165) is 13.2 Å². The third kappa shape index (κ3) is 2.49. The highest BCUT2D eigenvalue weighted by atomic mass is 35.5. The van der Waals surface area contributed by atoms with Crippen molar-refractivity contribution in [1.29, 1.82) is 0 Å². The quantitative estimate of drug-likeness (QED) is 0.623. The minimum atomic E-state index is -3.96. The Morgan fingerprint density at radius 1 is 1.33 bits per heavy atom. The molecule has 0 fully saturated rings. The number of halogens is 2. The summed E-state index contributed by atoms with van der Waals surface area (Å²) in [5, 5.41) is -0.103. The SMILES string of the molecule is COS(=O)(=O)c1cc(Cl)cc(C=O)c1Cl. The maximum absolute atomic E-state index is 11.4. The van der Waals surface area contributed by atoms with Crippen LogP contribution in [0.5, 0.6) is 0 Å². The van der Waals surface area contributed by atoms with Crippen LogP contribution in [0.25, 0.3) is 0 Å². The minimum absolute atomic E-state index is 0.000193. The van der Waals surface area contributed by atoms with Gasteiger partial charge >= 0.3 is 0 Å². The highest BCUT2D eigenvalue weighted by Crippen LogP contribution is 2.29. The predicted molar refractivity (Wildman–Crippen MR) is 56.0 cm³/mol. The molecule has 0 aromatic heterocycles. The molecule has 0 bridgehead atoms. The summed E-state index contributed by atoms with van der Waals surface area (Å²) in [6, 6.07) is 2.39. The molecule has 0 aliphatic carbocycles. The average Bonchev–Trinajstić information content (AvgIpc) is 2.20. The fraction of sp³-hybridized carbons (Fsp3) is 0.125. The number of hydrogen-bond acceptors (Lipinski definition) is 4. The van der Waals surface area contributed by atoms with Gasteiger partial charge in [-0.05, 0) is 12.1 Å². The van der Waals surface area contributed by atoms with E-state index in [1.807, 2.05) is 0 Å². The molecule has 0 aliphatic rings. The van der Waals surface area contributed by atoms with Gasteiger partial charge in [-0.25, -0.2) is 0 Å². The molecule has 1 aromatic rings. The summed E-state index contributed by atoms with van der Waals surface area (Å²) in [4.78, 5) is 10.3. The van der Waals surface area contributed by atoms with Gasteiger partial charge in [0, 0.05) is 10.6 Å². The molecule has 15 heavy (non-hydrogen) atoms. The molecule has 0 saturated carbocycles. The Hall–Kier alpha value is -0.620. The van der Waals surface area contributed by atoms with Crippen LogP contribution in [-0.4, -0.2) is 21.8 Å². The van der Waals surface area contributed by atoms with E-state index in [4.69, 9.17) is 23.2 Å². The van der Waals surface area contributed by atoms with Crippen molar-refractivity contribution in [2.24, 2.45) is 0 Å². The lowest BCUT2D eigenvalue weighted by Crippen LogP contribution is -2.05. The summed E-state index contributed by atoms with van der Waals surface area (Å²) in [5.74, 6) is 0. The molecule has 82 valence electrons. The summed E-state index contributed by atoms with van der Waals surface area (Å²) in [5.41, 5.74) is -0.000193. The fourth-order valence-electron chi connectivity index (χ4n) is 0.942. The van der Waals surface area contributed by atoms with Crippen molar-refractivity contribution in [2.75, 3.05) is 7.11 Å². The first kappa shape index (κ1) is 12.4. The second kappa shape index (κ2) is 4.49. The van der Waals surface area contributed by atoms with Gasteiger partial charge in [-0.1, -0.05) is 23.2 Å². The minimum Gasteiger partial charge on any atom is -0.298 e. The normalized spacial score (nSPS) is 11.4. The van der Waals surface area contributed by atoms with Gasteiger partial charge in [-0.2, -0.15) is 8.42 Å². The van der Waals surface area contributed by atoms with Crippen LogP contribution in [0.2, 0.25) is 10.0 Å². The topological polar surface area (TPSA) is 60.4 Å². The van der Waals surface area contributed by atoms with E-state index in [-0.39, 0.29) is 20.5 Å². The van der Waals surface area contributed by atoms with Crippen molar-refractivity contribution in [3.63, 3.8) is 0 Å². The number of carbonyl (C=O) groups is 1. The Kier molecular flexibility index (Phi) is 3.72. The number of hydrogen-bond donors (Lipinski definition) is 0. The van der Waals surface area contributed by atoms with Gasteiger partial charge in [0.2, 0.25) is 0 Å². The summed E-state index contributed by atoms with van der Waals surface area (Å²) < 4.78 is 27.0. The van der Waals surface area contributed by atoms with Gasteiger partial charge in [0.25, 0.3) is 10.1 Å². The number of rotatable bonds is 3. The molecule has 7 heteroatoms. The van der Waals surface area contributed by atoms with Crippen molar-refractivity contribution in [2.45, 2.75) is 4.90 Å². The lowest BCUT2D eigenvalue weighted by Gasteiger charge is -2.06. The van der Waals surface area contributed by atoms with Crippen molar-refractivity contribution in [3.05, 3.63) is 27.7 Å². The third-order valence-electron chi connectivity index (χ3n) is 1.65. The van der Waals surface area contributed by atoms with Crippen LogP contribution in [0.4, 0.5) is 0 Å². The van der Waals surface area contributed by atoms with Crippen LogP contribution in [0.3, 0.4) is 0 Å². The summed E-state index contributed by atoms with van der Waals surface area (Å²) in [6.07, 6.45) is 0.420. The number of benzene rings is 1. The van der Waals surface area contributed by atoms with E-state index in [1.165, 1.54) is 6.07 Å². The van der Waals surface area contributed by atoms with E-state index in [9.17, 15) is 13.2 Å². The zero-order chi connectivity index (χ0) is 11.6. The molecule has 0 radical (unpaired) electrons. The van der Waals surface area contributed by atoms with E-state index < -0.39 is 10.1 Å². The molecule has 1 rings (SSSR count). The fourth-order valence-corrected chi connectivity index (χ4v) is 2.46. The molecule has 0 unspecified atom stereocenters. The van der Waals surface area contributed by atoms with E-state index >= 15 is 0 Å². The Labute approximate surface area is 96.9 Å². The second-order valence-electron chi connectivity index (χ2n) is 2.55. The van der Waals surface area contributed by atoms with E-state index in [0.29, 0.717) is 6.29 Å². The Bertz CT molecular complexity index is 496. The van der Waals surface area contributed by atoms with Crippen LogP contribution >= 0.6 is 23.2 Å². The molecule has 0 amide bonds. The maximum atomic E-state index is 11.4. The van der Waals surface area contributed by atoms with Gasteiger partial charge < -0.3 is 0 Å². The molecule has 0 saturated heterocycles. The molecular formula is C8H6Cl2O4S. The van der Waals surface area contributed by atoms with E-state index in [1.54, 1.807) is 0 Å². The maximum Gasteiger partial charge on any atom is 0.298 e. The standard InChI is InChI=1S/C8H6Cl2O4S/c1-14-15(12,13)7-3-6(9)2-5(4-11)8(7)10/h2-4H,1H3. The van der Waals surface area contributed by atoms with E-state index in [2.05, 4.69) is 4.18 Å². The molecule has 0 aliphatic heterocycles. The Balaban J connectivity index is 3.56. The van der Waals surface area contributed by atoms with Crippen LogP contribution < -0.4 is 0 Å². The molecule has 0 spiro atoms. The second-order valence-corrected chi connectivity index (χ2v) is 5.04. The lowest BCUT2D eigenvalue weighted by atomic mass is 10.2. The molecular weight excluding hydrogens is 263 g/mol. The molecule has 0 N–H and O–H groups in total.